The van der Waals surface area contributed by atoms with E-state index in [1.807, 2.05) is 22.6 Å². The maximum atomic E-state index is 12.2. The van der Waals surface area contributed by atoms with E-state index in [9.17, 15) is 13.6 Å². The van der Waals surface area contributed by atoms with E-state index in [2.05, 4.69) is 4.98 Å². The van der Waals surface area contributed by atoms with Gasteiger partial charge in [0.05, 0.1) is 0 Å². The zero-order valence-electron chi connectivity index (χ0n) is 6.72. The Morgan fingerprint density at radius 3 is 2.69 bits per heavy atom. The van der Waals surface area contributed by atoms with Gasteiger partial charge >= 0.3 is 0 Å². The predicted molar refractivity (Wildman–Crippen MR) is 52.0 cm³/mol. The Morgan fingerprint density at radius 1 is 1.62 bits per heavy atom. The van der Waals surface area contributed by atoms with Gasteiger partial charge in [0.25, 0.3) is 6.43 Å². The lowest BCUT2D eigenvalue weighted by Gasteiger charge is -2.04. The van der Waals surface area contributed by atoms with Gasteiger partial charge in [-0.15, -0.1) is 0 Å². The number of carbonyl (C=O) groups is 1. The van der Waals surface area contributed by atoms with E-state index >= 15 is 0 Å². The van der Waals surface area contributed by atoms with Crippen LogP contribution >= 0.6 is 22.6 Å². The molecule has 0 saturated heterocycles. The average molecular weight is 297 g/mol. The molecule has 70 valence electrons. The highest BCUT2D eigenvalue weighted by atomic mass is 127. The summed E-state index contributed by atoms with van der Waals surface area (Å²) in [4.78, 5) is 14.1. The fraction of sp³-hybridized carbons (Fsp3) is 0.250. The van der Waals surface area contributed by atoms with E-state index < -0.39 is 6.43 Å². The third kappa shape index (κ3) is 2.20. The van der Waals surface area contributed by atoms with Crippen LogP contribution in [0.15, 0.2) is 6.07 Å². The number of nitrogens with zero attached hydrogens (tertiary/aromatic N) is 1. The molecule has 0 aliphatic rings. The van der Waals surface area contributed by atoms with Crippen molar-refractivity contribution in [2.75, 3.05) is 0 Å². The molecule has 0 amide bonds. The zero-order valence-corrected chi connectivity index (χ0v) is 8.88. The van der Waals surface area contributed by atoms with Crippen molar-refractivity contribution in [3.8, 4) is 0 Å². The van der Waals surface area contributed by atoms with Gasteiger partial charge in [-0.25, -0.2) is 13.8 Å². The molecule has 13 heavy (non-hydrogen) atoms. The molecule has 0 aliphatic carbocycles. The van der Waals surface area contributed by atoms with Gasteiger partial charge in [-0.1, -0.05) is 0 Å². The minimum atomic E-state index is -2.63. The summed E-state index contributed by atoms with van der Waals surface area (Å²) in [7, 11) is 0. The Bertz CT molecular complexity index is 341. The molecule has 1 aromatic rings. The quantitative estimate of drug-likeness (QED) is 0.477. The Labute approximate surface area is 87.5 Å². The number of hydrogen-bond acceptors (Lipinski definition) is 2. The van der Waals surface area contributed by atoms with Crippen LogP contribution < -0.4 is 0 Å². The molecule has 0 fully saturated rings. The van der Waals surface area contributed by atoms with Crippen LogP contribution in [0.1, 0.15) is 28.0 Å². The number of aldehydes is 1. The number of carbonyl (C=O) groups excluding carboxylic acids is 1. The summed E-state index contributed by atoms with van der Waals surface area (Å²) >= 11 is 1.83. The molecule has 0 N–H and O–H groups in total. The van der Waals surface area contributed by atoms with Gasteiger partial charge in [0.2, 0.25) is 0 Å². The van der Waals surface area contributed by atoms with Gasteiger partial charge in [0.1, 0.15) is 15.7 Å². The van der Waals surface area contributed by atoms with Crippen molar-refractivity contribution in [2.45, 2.75) is 13.3 Å². The number of alkyl halides is 2. The van der Waals surface area contributed by atoms with Crippen molar-refractivity contribution >= 4 is 28.9 Å². The van der Waals surface area contributed by atoms with Gasteiger partial charge in [0, 0.05) is 5.56 Å². The van der Waals surface area contributed by atoms with Crippen molar-refractivity contribution in [3.05, 3.63) is 26.6 Å². The Balaban J connectivity index is 3.30. The highest BCUT2D eigenvalue weighted by Gasteiger charge is 2.13. The lowest BCUT2D eigenvalue weighted by atomic mass is 10.1. The second-order valence-corrected chi connectivity index (χ2v) is 3.49. The molecule has 5 heteroatoms. The largest absolute Gasteiger partial charge is 0.298 e. The van der Waals surface area contributed by atoms with Gasteiger partial charge in [-0.3, -0.25) is 4.79 Å². The average Bonchev–Trinajstić information content (AvgIpc) is 2.09. The van der Waals surface area contributed by atoms with Crippen molar-refractivity contribution < 1.29 is 13.6 Å². The molecule has 0 spiro atoms. The summed E-state index contributed by atoms with van der Waals surface area (Å²) in [6.07, 6.45) is -2.07. The first-order valence-electron chi connectivity index (χ1n) is 3.46. The first kappa shape index (κ1) is 10.5. The molecule has 0 aliphatic heterocycles. The summed E-state index contributed by atoms with van der Waals surface area (Å²) in [5.41, 5.74) is 0.562. The van der Waals surface area contributed by atoms with Crippen LogP contribution in [-0.4, -0.2) is 11.3 Å². The molecule has 1 aromatic heterocycles. The number of pyridine rings is 1. The Hall–Kier alpha value is -0.590. The maximum absolute atomic E-state index is 12.2. The first-order chi connectivity index (χ1) is 6.06. The summed E-state index contributed by atoms with van der Waals surface area (Å²) < 4.78 is 24.9. The molecule has 0 atom stereocenters. The van der Waals surface area contributed by atoms with Crippen molar-refractivity contribution in [2.24, 2.45) is 0 Å². The third-order valence-corrected chi connectivity index (χ3v) is 2.67. The number of aromatic nitrogens is 1. The van der Waals surface area contributed by atoms with Crippen LogP contribution in [0.3, 0.4) is 0 Å². The fourth-order valence-electron chi connectivity index (χ4n) is 0.850. The monoisotopic (exact) mass is 297 g/mol. The smallest absolute Gasteiger partial charge is 0.280 e. The second-order valence-electron chi connectivity index (χ2n) is 2.47. The van der Waals surface area contributed by atoms with Crippen LogP contribution in [0.4, 0.5) is 8.78 Å². The molecule has 0 aromatic carbocycles. The van der Waals surface area contributed by atoms with E-state index in [0.717, 1.165) is 6.07 Å². The van der Waals surface area contributed by atoms with E-state index in [1.165, 1.54) is 0 Å². The topological polar surface area (TPSA) is 30.0 Å². The van der Waals surface area contributed by atoms with Crippen LogP contribution in [-0.2, 0) is 0 Å². The van der Waals surface area contributed by atoms with Gasteiger partial charge in [-0.05, 0) is 41.1 Å². The minimum absolute atomic E-state index is 0.273. The number of halogens is 3. The number of hydrogen-bond donors (Lipinski definition) is 0. The summed E-state index contributed by atoms with van der Waals surface area (Å²) in [5, 5.41) is 0. The van der Waals surface area contributed by atoms with E-state index in [0.29, 0.717) is 15.6 Å². The van der Waals surface area contributed by atoms with Crippen LogP contribution in [0, 0.1) is 10.6 Å². The zero-order chi connectivity index (χ0) is 10.0. The SMILES string of the molecule is Cc1c(C=O)cc(C(F)F)nc1I. The lowest BCUT2D eigenvalue weighted by Crippen LogP contribution is -1.99. The predicted octanol–water partition coefficient (Wildman–Crippen LogP) is 2.74. The van der Waals surface area contributed by atoms with Crippen LogP contribution in [0.2, 0.25) is 0 Å². The Kier molecular flexibility index (Phi) is 3.29. The van der Waals surface area contributed by atoms with E-state index in [4.69, 9.17) is 0 Å². The third-order valence-electron chi connectivity index (χ3n) is 1.62. The highest BCUT2D eigenvalue weighted by Crippen LogP contribution is 2.21. The van der Waals surface area contributed by atoms with E-state index in [-0.39, 0.29) is 11.3 Å². The van der Waals surface area contributed by atoms with Crippen LogP contribution in [0.25, 0.3) is 0 Å². The normalized spacial score (nSPS) is 10.5. The molecule has 0 unspecified atom stereocenters. The maximum Gasteiger partial charge on any atom is 0.280 e. The van der Waals surface area contributed by atoms with Gasteiger partial charge in [-0.2, -0.15) is 0 Å². The molecule has 2 nitrogen and oxygen atoms in total. The van der Waals surface area contributed by atoms with Crippen LogP contribution in [0.5, 0.6) is 0 Å². The molecular formula is C8H6F2INO. The summed E-state index contributed by atoms with van der Waals surface area (Å²) in [6, 6.07) is 1.12. The molecule has 0 bridgehead atoms. The molecule has 0 radical (unpaired) electrons. The minimum Gasteiger partial charge on any atom is -0.298 e. The second kappa shape index (κ2) is 4.08. The van der Waals surface area contributed by atoms with Crippen molar-refractivity contribution in [3.63, 3.8) is 0 Å². The van der Waals surface area contributed by atoms with Crippen molar-refractivity contribution in [1.29, 1.82) is 0 Å². The lowest BCUT2D eigenvalue weighted by molar-refractivity contribution is 0.112. The van der Waals surface area contributed by atoms with Crippen molar-refractivity contribution in [1.82, 2.24) is 4.98 Å². The fourth-order valence-corrected chi connectivity index (χ4v) is 1.44. The highest BCUT2D eigenvalue weighted by molar-refractivity contribution is 14.1. The molecule has 1 rings (SSSR count). The first-order valence-corrected chi connectivity index (χ1v) is 4.54. The summed E-state index contributed by atoms with van der Waals surface area (Å²) in [5.74, 6) is 0. The van der Waals surface area contributed by atoms with Gasteiger partial charge in [0.15, 0.2) is 0 Å². The molecular weight excluding hydrogens is 291 g/mol. The molecule has 1 heterocycles. The van der Waals surface area contributed by atoms with Gasteiger partial charge < -0.3 is 0 Å². The molecule has 0 saturated carbocycles. The summed E-state index contributed by atoms with van der Waals surface area (Å²) in [6.45, 7) is 1.67. The van der Waals surface area contributed by atoms with E-state index in [1.54, 1.807) is 6.92 Å². The Morgan fingerprint density at radius 2 is 2.23 bits per heavy atom. The standard InChI is InChI=1S/C8H6F2INO/c1-4-5(3-13)2-6(7(9)10)12-8(4)11/h2-3,7H,1H3. The number of rotatable bonds is 2.